The van der Waals surface area contributed by atoms with E-state index in [0.717, 1.165) is 19.4 Å². The van der Waals surface area contributed by atoms with Crippen molar-refractivity contribution >= 4 is 17.0 Å². The van der Waals surface area contributed by atoms with Gasteiger partial charge in [-0.1, -0.05) is 64.7 Å². The molecule has 1 aliphatic rings. The SMILES string of the molecule is Br.CCCCCCCCCCCCN[C@H]1[C@@H](O)[C@H](O)[C@@H](CO)OC1(C)OC.N. The summed E-state index contributed by atoms with van der Waals surface area (Å²) >= 11 is 0. The molecule has 172 valence electrons. The second-order valence-electron chi connectivity index (χ2n) is 7.65. The molecule has 0 aliphatic carbocycles. The number of nitrogens with one attached hydrogen (secondary N) is 1. The molecule has 8 heteroatoms. The molecule has 1 saturated heterocycles. The molecule has 0 radical (unpaired) electrons. The number of hydrogen-bond acceptors (Lipinski definition) is 7. The first-order valence-electron chi connectivity index (χ1n) is 10.4. The fraction of sp³-hybridized carbons (Fsp3) is 1.00. The lowest BCUT2D eigenvalue weighted by atomic mass is 9.91. The molecule has 7 nitrogen and oxygen atoms in total. The molecule has 1 fully saturated rings. The van der Waals surface area contributed by atoms with Crippen LogP contribution in [0.2, 0.25) is 0 Å². The van der Waals surface area contributed by atoms with Crippen LogP contribution in [0.15, 0.2) is 0 Å². The van der Waals surface area contributed by atoms with Gasteiger partial charge in [0.05, 0.1) is 12.6 Å². The Morgan fingerprint density at radius 2 is 1.43 bits per heavy atom. The lowest BCUT2D eigenvalue weighted by Gasteiger charge is -2.48. The highest BCUT2D eigenvalue weighted by molar-refractivity contribution is 8.93. The third-order valence-corrected chi connectivity index (χ3v) is 5.50. The van der Waals surface area contributed by atoms with Crippen LogP contribution in [-0.2, 0) is 9.47 Å². The molecule has 1 unspecified atom stereocenters. The Morgan fingerprint density at radius 3 is 1.89 bits per heavy atom. The standard InChI is InChI=1S/C20H41NO5.BrH.H3N/c1-4-5-6-7-8-9-10-11-12-13-14-21-19-18(24)17(23)16(15-22)26-20(19,2)25-3;;/h16-19,21-24H,4-15H2,1-3H3;1H;1H3/t16-,17-,18+,19+,20?;;/m1../s1. The summed E-state index contributed by atoms with van der Waals surface area (Å²) in [4.78, 5) is 0. The smallest absolute Gasteiger partial charge is 0.183 e. The Hall–Kier alpha value is 0.200. The molecule has 1 rings (SSSR count). The average molecular weight is 473 g/mol. The van der Waals surface area contributed by atoms with E-state index < -0.39 is 30.1 Å². The van der Waals surface area contributed by atoms with E-state index in [9.17, 15) is 15.3 Å². The second-order valence-corrected chi connectivity index (χ2v) is 7.65. The number of halogens is 1. The van der Waals surface area contributed by atoms with Crippen LogP contribution in [0, 0.1) is 0 Å². The summed E-state index contributed by atoms with van der Waals surface area (Å²) in [6.45, 7) is 4.34. The van der Waals surface area contributed by atoms with E-state index in [-0.39, 0.29) is 29.7 Å². The summed E-state index contributed by atoms with van der Waals surface area (Å²) < 4.78 is 11.1. The molecule has 5 atom stereocenters. The lowest BCUT2D eigenvalue weighted by molar-refractivity contribution is -0.320. The van der Waals surface area contributed by atoms with Gasteiger partial charge in [0.15, 0.2) is 5.79 Å². The predicted octanol–water partition coefficient (Wildman–Crippen LogP) is 3.08. The third-order valence-electron chi connectivity index (χ3n) is 5.50. The molecule has 1 heterocycles. The van der Waals surface area contributed by atoms with Crippen molar-refractivity contribution in [1.29, 1.82) is 0 Å². The molecule has 0 aromatic carbocycles. The Kier molecular flexibility index (Phi) is 18.4. The number of methoxy groups -OCH3 is 1. The van der Waals surface area contributed by atoms with Crippen LogP contribution < -0.4 is 11.5 Å². The monoisotopic (exact) mass is 472 g/mol. The minimum absolute atomic E-state index is 0. The number of unbranched alkanes of at least 4 members (excludes halogenated alkanes) is 9. The van der Waals surface area contributed by atoms with Crippen LogP contribution in [0.3, 0.4) is 0 Å². The van der Waals surface area contributed by atoms with Crippen LogP contribution in [0.5, 0.6) is 0 Å². The zero-order valence-electron chi connectivity index (χ0n) is 18.1. The van der Waals surface area contributed by atoms with Crippen molar-refractivity contribution in [3.63, 3.8) is 0 Å². The summed E-state index contributed by atoms with van der Waals surface area (Å²) in [5.74, 6) is -1.08. The molecule has 1 aliphatic heterocycles. The molecule has 0 saturated carbocycles. The maximum Gasteiger partial charge on any atom is 0.183 e. The van der Waals surface area contributed by atoms with E-state index in [1.807, 2.05) is 0 Å². The number of aliphatic hydroxyl groups is 3. The maximum absolute atomic E-state index is 10.4. The van der Waals surface area contributed by atoms with Crippen LogP contribution >= 0.6 is 17.0 Å². The quantitative estimate of drug-likeness (QED) is 0.246. The zero-order valence-corrected chi connectivity index (χ0v) is 19.8. The van der Waals surface area contributed by atoms with Gasteiger partial charge in [-0.15, -0.1) is 17.0 Å². The van der Waals surface area contributed by atoms with Crippen molar-refractivity contribution in [3.8, 4) is 0 Å². The topological polar surface area (TPSA) is 126 Å². The number of ether oxygens (including phenoxy) is 2. The minimum Gasteiger partial charge on any atom is -0.394 e. The predicted molar refractivity (Wildman–Crippen MR) is 118 cm³/mol. The molecule has 28 heavy (non-hydrogen) atoms. The Balaban J connectivity index is 0. The van der Waals surface area contributed by atoms with E-state index in [4.69, 9.17) is 9.47 Å². The van der Waals surface area contributed by atoms with Gasteiger partial charge in [-0.25, -0.2) is 0 Å². The van der Waals surface area contributed by atoms with Gasteiger partial charge >= 0.3 is 0 Å². The van der Waals surface area contributed by atoms with Crippen molar-refractivity contribution in [3.05, 3.63) is 0 Å². The Morgan fingerprint density at radius 1 is 0.929 bits per heavy atom. The highest BCUT2D eigenvalue weighted by Gasteiger charge is 2.51. The molecule has 0 amide bonds. The fourth-order valence-electron chi connectivity index (χ4n) is 3.67. The second kappa shape index (κ2) is 16.9. The maximum atomic E-state index is 10.4. The van der Waals surface area contributed by atoms with Crippen LogP contribution in [0.25, 0.3) is 0 Å². The van der Waals surface area contributed by atoms with Crippen molar-refractivity contribution in [1.82, 2.24) is 11.5 Å². The van der Waals surface area contributed by atoms with Crippen molar-refractivity contribution in [2.45, 2.75) is 108 Å². The van der Waals surface area contributed by atoms with E-state index in [2.05, 4.69) is 12.2 Å². The van der Waals surface area contributed by atoms with Crippen molar-refractivity contribution < 1.29 is 24.8 Å². The molecule has 0 aromatic heterocycles. The summed E-state index contributed by atoms with van der Waals surface area (Å²) in [7, 11) is 1.51. The molecule has 7 N–H and O–H groups in total. The third kappa shape index (κ3) is 9.80. The fourth-order valence-corrected chi connectivity index (χ4v) is 3.67. The van der Waals surface area contributed by atoms with Gasteiger partial charge in [0.25, 0.3) is 0 Å². The molecular weight excluding hydrogens is 428 g/mol. The number of rotatable bonds is 14. The van der Waals surface area contributed by atoms with Crippen molar-refractivity contribution in [2.75, 3.05) is 20.3 Å². The molecule has 0 aromatic rings. The molecular formula is C20H45BrN2O5. The first-order chi connectivity index (χ1) is 12.5. The number of hydrogen-bond donors (Lipinski definition) is 5. The van der Waals surface area contributed by atoms with E-state index in [1.54, 1.807) is 6.92 Å². The van der Waals surface area contributed by atoms with Gasteiger partial charge in [0.2, 0.25) is 0 Å². The van der Waals surface area contributed by atoms with E-state index >= 15 is 0 Å². The Bertz CT molecular complexity index is 367. The summed E-state index contributed by atoms with van der Waals surface area (Å²) in [6.07, 6.45) is 9.72. The van der Waals surface area contributed by atoms with Crippen LogP contribution in [0.4, 0.5) is 0 Å². The number of aliphatic hydroxyl groups excluding tert-OH is 3. The summed E-state index contributed by atoms with van der Waals surface area (Å²) in [6, 6.07) is -0.538. The molecule has 0 spiro atoms. The first-order valence-corrected chi connectivity index (χ1v) is 10.4. The summed E-state index contributed by atoms with van der Waals surface area (Å²) in [5.41, 5.74) is 0. The normalized spacial score (nSPS) is 29.8. The Labute approximate surface area is 181 Å². The van der Waals surface area contributed by atoms with Crippen molar-refractivity contribution in [2.24, 2.45) is 0 Å². The van der Waals surface area contributed by atoms with Crippen LogP contribution in [0.1, 0.15) is 78.1 Å². The van der Waals surface area contributed by atoms with E-state index in [0.29, 0.717) is 0 Å². The van der Waals surface area contributed by atoms with Gasteiger partial charge in [-0.3, -0.25) is 0 Å². The largest absolute Gasteiger partial charge is 0.394 e. The van der Waals surface area contributed by atoms with Gasteiger partial charge in [-0.2, -0.15) is 0 Å². The highest BCUT2D eigenvalue weighted by Crippen LogP contribution is 2.30. The lowest BCUT2D eigenvalue weighted by Crippen LogP contribution is -2.69. The van der Waals surface area contributed by atoms with Gasteiger partial charge in [0.1, 0.15) is 18.3 Å². The van der Waals surface area contributed by atoms with Crippen LogP contribution in [-0.4, -0.2) is 65.7 Å². The minimum atomic E-state index is -1.13. The first kappa shape index (κ1) is 30.4. The van der Waals surface area contributed by atoms with Gasteiger partial charge in [0, 0.05) is 7.11 Å². The summed E-state index contributed by atoms with van der Waals surface area (Å²) in [5, 5.41) is 33.0. The highest BCUT2D eigenvalue weighted by atomic mass is 79.9. The molecule has 0 bridgehead atoms. The zero-order chi connectivity index (χ0) is 19.4. The van der Waals surface area contributed by atoms with Gasteiger partial charge < -0.3 is 36.3 Å². The van der Waals surface area contributed by atoms with E-state index in [1.165, 1.54) is 58.5 Å². The van der Waals surface area contributed by atoms with Gasteiger partial charge in [-0.05, 0) is 19.9 Å². The average Bonchev–Trinajstić information content (AvgIpc) is 2.65.